The number of para-hydroxylation sites is 1. The molecular formula is C25H26ClN4O5+. The predicted molar refractivity (Wildman–Crippen MR) is 126 cm³/mol. The van der Waals surface area contributed by atoms with Gasteiger partial charge in [-0.1, -0.05) is 29.8 Å². The molecule has 0 saturated carbocycles. The number of hydrogen-bond donors (Lipinski definition) is 3. The normalized spacial score (nSPS) is 26.8. The molecule has 4 atom stereocenters. The van der Waals surface area contributed by atoms with Crippen LogP contribution in [-0.2, 0) is 31.3 Å². The number of fused-ring (bicyclic) bond motifs is 4. The number of imide groups is 1. The van der Waals surface area contributed by atoms with Crippen molar-refractivity contribution in [2.45, 2.75) is 37.9 Å². The number of primary amides is 1. The second-order valence-corrected chi connectivity index (χ2v) is 9.74. The molecule has 4 amide bonds. The van der Waals surface area contributed by atoms with Gasteiger partial charge in [0, 0.05) is 29.0 Å². The average molecular weight is 498 g/mol. The van der Waals surface area contributed by atoms with Crippen LogP contribution in [0.5, 0.6) is 5.75 Å². The Labute approximate surface area is 206 Å². The maximum atomic E-state index is 13.9. The van der Waals surface area contributed by atoms with Gasteiger partial charge in [0.2, 0.25) is 23.3 Å². The summed E-state index contributed by atoms with van der Waals surface area (Å²) in [7, 11) is 1.53. The number of carbonyl (C=O) groups excluding carboxylic acids is 4. The number of rotatable bonds is 6. The van der Waals surface area contributed by atoms with Crippen molar-refractivity contribution in [1.29, 1.82) is 0 Å². The minimum Gasteiger partial charge on any atom is -0.496 e. The molecular weight excluding hydrogens is 472 g/mol. The number of hydrogen-bond acceptors (Lipinski definition) is 5. The van der Waals surface area contributed by atoms with Crippen LogP contribution in [0.2, 0.25) is 5.02 Å². The lowest BCUT2D eigenvalue weighted by molar-refractivity contribution is -0.734. The number of likely N-dealkylation sites (tertiary alicyclic amines) is 1. The van der Waals surface area contributed by atoms with Gasteiger partial charge < -0.3 is 21.1 Å². The van der Waals surface area contributed by atoms with Gasteiger partial charge in [-0.05, 0) is 30.7 Å². The van der Waals surface area contributed by atoms with Crippen molar-refractivity contribution in [2.24, 2.45) is 17.6 Å². The zero-order valence-corrected chi connectivity index (χ0v) is 20.1. The highest BCUT2D eigenvalue weighted by Crippen LogP contribution is 2.51. The number of quaternary nitrogens is 1. The molecule has 1 spiro atoms. The lowest BCUT2D eigenvalue weighted by Crippen LogP contribution is -2.99. The Morgan fingerprint density at radius 3 is 2.66 bits per heavy atom. The third-order valence-corrected chi connectivity index (χ3v) is 7.98. The van der Waals surface area contributed by atoms with Crippen LogP contribution in [-0.4, -0.2) is 41.7 Å². The summed E-state index contributed by atoms with van der Waals surface area (Å²) >= 11 is 6.30. The van der Waals surface area contributed by atoms with Gasteiger partial charge in [-0.15, -0.1) is 0 Å². The Hall–Kier alpha value is -3.43. The number of halogens is 1. The maximum Gasteiger partial charge on any atom is 0.291 e. The molecule has 3 aliphatic heterocycles. The van der Waals surface area contributed by atoms with E-state index in [0.29, 0.717) is 33.1 Å². The third-order valence-electron chi connectivity index (χ3n) is 7.58. The number of anilines is 1. The van der Waals surface area contributed by atoms with Gasteiger partial charge in [0.1, 0.15) is 23.6 Å². The van der Waals surface area contributed by atoms with Crippen LogP contribution in [0.4, 0.5) is 5.69 Å². The Balaban J connectivity index is 1.60. The van der Waals surface area contributed by atoms with Crippen LogP contribution in [0.25, 0.3) is 0 Å². The number of benzene rings is 2. The highest BCUT2D eigenvalue weighted by Gasteiger charge is 2.74. The molecule has 2 aromatic carbocycles. The Morgan fingerprint density at radius 1 is 1.20 bits per heavy atom. The largest absolute Gasteiger partial charge is 0.496 e. The monoisotopic (exact) mass is 497 g/mol. The van der Waals surface area contributed by atoms with Gasteiger partial charge in [-0.3, -0.25) is 24.1 Å². The predicted octanol–water partition coefficient (Wildman–Crippen LogP) is 0.817. The molecule has 2 saturated heterocycles. The summed E-state index contributed by atoms with van der Waals surface area (Å²) in [4.78, 5) is 54.0. The zero-order valence-electron chi connectivity index (χ0n) is 19.3. The minimum absolute atomic E-state index is 0.0292. The van der Waals surface area contributed by atoms with E-state index in [2.05, 4.69) is 5.32 Å². The lowest BCUT2D eigenvalue weighted by atomic mass is 9.76. The van der Waals surface area contributed by atoms with Crippen molar-refractivity contribution >= 4 is 40.9 Å². The van der Waals surface area contributed by atoms with Gasteiger partial charge in [0.25, 0.3) is 5.91 Å². The number of amides is 4. The van der Waals surface area contributed by atoms with E-state index < -0.39 is 35.2 Å². The van der Waals surface area contributed by atoms with Crippen molar-refractivity contribution in [3.05, 3.63) is 58.1 Å². The van der Waals surface area contributed by atoms with Crippen LogP contribution in [0.15, 0.2) is 36.4 Å². The molecule has 0 radical (unpaired) electrons. The summed E-state index contributed by atoms with van der Waals surface area (Å²) in [6.07, 6.45) is 0.317. The van der Waals surface area contributed by atoms with Crippen molar-refractivity contribution in [3.8, 4) is 5.75 Å². The molecule has 5 rings (SSSR count). The van der Waals surface area contributed by atoms with E-state index in [9.17, 15) is 19.2 Å². The molecule has 0 aliphatic carbocycles. The minimum atomic E-state index is -1.33. The molecule has 5 N–H and O–H groups in total. The molecule has 35 heavy (non-hydrogen) atoms. The molecule has 2 aromatic rings. The number of carbonyl (C=O) groups is 4. The number of nitrogens with one attached hydrogen (secondary N) is 1. The zero-order chi connectivity index (χ0) is 25.1. The quantitative estimate of drug-likeness (QED) is 0.508. The van der Waals surface area contributed by atoms with Crippen molar-refractivity contribution in [1.82, 2.24) is 4.90 Å². The second-order valence-electron chi connectivity index (χ2n) is 9.33. The summed E-state index contributed by atoms with van der Waals surface area (Å²) in [5.41, 5.74) is 6.63. The van der Waals surface area contributed by atoms with Crippen LogP contribution in [0.3, 0.4) is 0 Å². The summed E-state index contributed by atoms with van der Waals surface area (Å²) in [6.45, 7) is 1.83. The topological polar surface area (TPSA) is 135 Å². The molecule has 10 heteroatoms. The first-order valence-corrected chi connectivity index (χ1v) is 11.8. The van der Waals surface area contributed by atoms with Crippen molar-refractivity contribution < 1.29 is 29.2 Å². The van der Waals surface area contributed by atoms with Crippen LogP contribution in [0.1, 0.15) is 29.5 Å². The standard InChI is InChI=1S/C25H25ClN4O5/c1-12-15(26)8-7-14-21(12)28-24(34)25(14)20-19(16(29-25)9-10-18(27)31)22(32)30(23(20)33)11-13-5-3-4-6-17(13)35-2/h3-8,16,19-20,29H,9-11H2,1-2H3,(H2,27,31)(H,28,34)/p+1/t16-,19-,20+,25+/m1/s1. The van der Waals surface area contributed by atoms with Crippen LogP contribution >= 0.6 is 11.6 Å². The Kier molecular flexibility index (Phi) is 5.56. The van der Waals surface area contributed by atoms with Crippen LogP contribution < -0.4 is 21.1 Å². The lowest BCUT2D eigenvalue weighted by Gasteiger charge is -2.26. The van der Waals surface area contributed by atoms with E-state index in [4.69, 9.17) is 22.1 Å². The van der Waals surface area contributed by atoms with Crippen molar-refractivity contribution in [2.75, 3.05) is 12.4 Å². The number of ether oxygens (including phenoxy) is 1. The molecule has 0 aromatic heterocycles. The highest BCUT2D eigenvalue weighted by atomic mass is 35.5. The number of methoxy groups -OCH3 is 1. The fraction of sp³-hybridized carbons (Fsp3) is 0.360. The average Bonchev–Trinajstić information content (AvgIpc) is 3.41. The molecule has 182 valence electrons. The van der Waals surface area contributed by atoms with Gasteiger partial charge in [-0.25, -0.2) is 0 Å². The number of nitrogens with two attached hydrogens (primary N) is 2. The first-order valence-electron chi connectivity index (χ1n) is 11.4. The van der Waals surface area contributed by atoms with Crippen LogP contribution in [0, 0.1) is 18.8 Å². The Bertz CT molecular complexity index is 1280. The molecule has 3 aliphatic rings. The summed E-state index contributed by atoms with van der Waals surface area (Å²) in [6, 6.07) is 10.1. The SMILES string of the molecule is COc1ccccc1CN1C(=O)[C@H]2[C@@H](C1=O)[C@]1([NH2+][C@@H]2CCC(N)=O)C(=O)Nc2c1ccc(Cl)c2C. The van der Waals surface area contributed by atoms with Gasteiger partial charge in [0.05, 0.1) is 19.3 Å². The fourth-order valence-electron chi connectivity index (χ4n) is 5.94. The van der Waals surface area contributed by atoms with Gasteiger partial charge in [-0.2, -0.15) is 0 Å². The smallest absolute Gasteiger partial charge is 0.291 e. The maximum absolute atomic E-state index is 13.9. The molecule has 9 nitrogen and oxygen atoms in total. The molecule has 3 heterocycles. The fourth-order valence-corrected chi connectivity index (χ4v) is 6.10. The van der Waals surface area contributed by atoms with Crippen molar-refractivity contribution in [3.63, 3.8) is 0 Å². The van der Waals surface area contributed by atoms with E-state index in [1.165, 1.54) is 12.0 Å². The van der Waals surface area contributed by atoms with E-state index in [0.717, 1.165) is 0 Å². The summed E-state index contributed by atoms with van der Waals surface area (Å²) < 4.78 is 5.40. The number of nitrogens with zero attached hydrogens (tertiary/aromatic N) is 1. The summed E-state index contributed by atoms with van der Waals surface area (Å²) in [5, 5.41) is 5.19. The van der Waals surface area contributed by atoms with Gasteiger partial charge in [0.15, 0.2) is 0 Å². The first-order chi connectivity index (χ1) is 16.7. The van der Waals surface area contributed by atoms with E-state index >= 15 is 0 Å². The molecule has 0 bridgehead atoms. The second kappa shape index (κ2) is 8.35. The van der Waals surface area contributed by atoms with E-state index in [-0.39, 0.29) is 31.2 Å². The Morgan fingerprint density at radius 2 is 1.94 bits per heavy atom. The summed E-state index contributed by atoms with van der Waals surface area (Å²) in [5.74, 6) is -2.79. The third kappa shape index (κ3) is 3.33. The van der Waals surface area contributed by atoms with Gasteiger partial charge >= 0.3 is 0 Å². The highest BCUT2D eigenvalue weighted by molar-refractivity contribution is 6.32. The van der Waals surface area contributed by atoms with E-state index in [1.807, 2.05) is 12.1 Å². The first kappa shape index (κ1) is 23.3. The molecule has 2 fully saturated rings. The van der Waals surface area contributed by atoms with E-state index in [1.54, 1.807) is 36.5 Å². The molecule has 0 unspecified atom stereocenters.